The Labute approximate surface area is 133 Å². The zero-order valence-corrected chi connectivity index (χ0v) is 12.6. The summed E-state index contributed by atoms with van der Waals surface area (Å²) in [6.45, 7) is 0. The van der Waals surface area contributed by atoms with Crippen LogP contribution in [0.15, 0.2) is 36.7 Å². The normalized spacial score (nSPS) is 16.7. The SMILES string of the molecule is O=C(NC1(C(=O)O)CCCCC1)c1ccc(-n2ccnn2)cc1. The number of carboxylic acid groups (broad SMARTS) is 1. The van der Waals surface area contributed by atoms with E-state index < -0.39 is 11.5 Å². The van der Waals surface area contributed by atoms with Gasteiger partial charge < -0.3 is 10.4 Å². The maximum absolute atomic E-state index is 12.4. The Morgan fingerprint density at radius 2 is 1.83 bits per heavy atom. The average molecular weight is 314 g/mol. The predicted molar refractivity (Wildman–Crippen MR) is 82.3 cm³/mol. The summed E-state index contributed by atoms with van der Waals surface area (Å²) in [6.07, 6.45) is 6.88. The summed E-state index contributed by atoms with van der Waals surface area (Å²) >= 11 is 0. The summed E-state index contributed by atoms with van der Waals surface area (Å²) in [5, 5.41) is 19.9. The van der Waals surface area contributed by atoms with Gasteiger partial charge in [-0.25, -0.2) is 9.48 Å². The molecule has 2 aromatic rings. The molecule has 1 saturated carbocycles. The van der Waals surface area contributed by atoms with Crippen LogP contribution in [0.5, 0.6) is 0 Å². The standard InChI is InChI=1S/C16H18N4O3/c21-14(18-16(15(22)23)8-2-1-3-9-16)12-4-6-13(7-5-12)20-11-10-17-19-20/h4-7,10-11H,1-3,8-9H2,(H,18,21)(H,22,23). The number of carbonyl (C=O) groups is 2. The van der Waals surface area contributed by atoms with Gasteiger partial charge in [0.1, 0.15) is 5.54 Å². The van der Waals surface area contributed by atoms with Crippen LogP contribution in [0.1, 0.15) is 42.5 Å². The molecule has 3 rings (SSSR count). The van der Waals surface area contributed by atoms with Crippen molar-refractivity contribution >= 4 is 11.9 Å². The van der Waals surface area contributed by atoms with Crippen LogP contribution < -0.4 is 5.32 Å². The molecule has 7 nitrogen and oxygen atoms in total. The molecule has 0 unspecified atom stereocenters. The third kappa shape index (κ3) is 3.08. The second-order valence-corrected chi connectivity index (χ2v) is 5.80. The molecule has 0 bridgehead atoms. The van der Waals surface area contributed by atoms with Crippen LogP contribution in [0.3, 0.4) is 0 Å². The van der Waals surface area contributed by atoms with Gasteiger partial charge in [0.15, 0.2) is 0 Å². The zero-order chi connectivity index (χ0) is 16.3. The number of hydrogen-bond acceptors (Lipinski definition) is 4. The molecule has 1 amide bonds. The summed E-state index contributed by atoms with van der Waals surface area (Å²) in [5.74, 6) is -1.32. The summed E-state index contributed by atoms with van der Waals surface area (Å²) in [7, 11) is 0. The molecule has 0 radical (unpaired) electrons. The van der Waals surface area contributed by atoms with E-state index in [9.17, 15) is 14.7 Å². The number of hydrogen-bond donors (Lipinski definition) is 2. The molecular formula is C16H18N4O3. The van der Waals surface area contributed by atoms with Crippen LogP contribution in [0.25, 0.3) is 5.69 Å². The van der Waals surface area contributed by atoms with Gasteiger partial charge in [-0.1, -0.05) is 24.5 Å². The van der Waals surface area contributed by atoms with Crippen LogP contribution in [-0.4, -0.2) is 37.5 Å². The summed E-state index contributed by atoms with van der Waals surface area (Å²) < 4.78 is 1.58. The summed E-state index contributed by atoms with van der Waals surface area (Å²) in [5.41, 5.74) is 0.0737. The van der Waals surface area contributed by atoms with Crippen molar-refractivity contribution in [3.8, 4) is 5.69 Å². The van der Waals surface area contributed by atoms with E-state index in [0.717, 1.165) is 24.9 Å². The number of amides is 1. The summed E-state index contributed by atoms with van der Waals surface area (Å²) in [4.78, 5) is 24.0. The van der Waals surface area contributed by atoms with Crippen molar-refractivity contribution in [2.75, 3.05) is 0 Å². The number of aliphatic carboxylic acids is 1. The number of benzene rings is 1. The van der Waals surface area contributed by atoms with Crippen LogP contribution in [0.4, 0.5) is 0 Å². The molecule has 0 saturated heterocycles. The molecule has 0 spiro atoms. The minimum atomic E-state index is -1.14. The Kier molecular flexibility index (Phi) is 4.10. The Hall–Kier alpha value is -2.70. The lowest BCUT2D eigenvalue weighted by Crippen LogP contribution is -2.55. The molecule has 1 aromatic carbocycles. The van der Waals surface area contributed by atoms with Crippen LogP contribution in [0, 0.1) is 0 Å². The van der Waals surface area contributed by atoms with Crippen molar-refractivity contribution in [1.82, 2.24) is 20.3 Å². The number of carbonyl (C=O) groups excluding carboxylic acids is 1. The molecule has 2 N–H and O–H groups in total. The highest BCUT2D eigenvalue weighted by molar-refractivity contribution is 5.98. The van der Waals surface area contributed by atoms with Crippen molar-refractivity contribution in [2.45, 2.75) is 37.6 Å². The fraction of sp³-hybridized carbons (Fsp3) is 0.375. The predicted octanol–water partition coefficient (Wildman–Crippen LogP) is 1.78. The van der Waals surface area contributed by atoms with Gasteiger partial charge in [0.25, 0.3) is 5.91 Å². The number of nitrogens with zero attached hydrogens (tertiary/aromatic N) is 3. The van der Waals surface area contributed by atoms with Crippen LogP contribution in [0.2, 0.25) is 0 Å². The first-order valence-electron chi connectivity index (χ1n) is 7.63. The van der Waals surface area contributed by atoms with Gasteiger partial charge >= 0.3 is 5.97 Å². The molecule has 120 valence electrons. The van der Waals surface area contributed by atoms with E-state index in [-0.39, 0.29) is 5.91 Å². The van der Waals surface area contributed by atoms with Gasteiger partial charge in [0.2, 0.25) is 0 Å². The third-order valence-electron chi connectivity index (χ3n) is 4.29. The average Bonchev–Trinajstić information content (AvgIpc) is 3.10. The zero-order valence-electron chi connectivity index (χ0n) is 12.6. The van der Waals surface area contributed by atoms with E-state index in [1.165, 1.54) is 0 Å². The van der Waals surface area contributed by atoms with Gasteiger partial charge in [-0.05, 0) is 37.1 Å². The first-order valence-corrected chi connectivity index (χ1v) is 7.63. The lowest BCUT2D eigenvalue weighted by Gasteiger charge is -2.34. The van der Waals surface area contributed by atoms with Gasteiger partial charge in [-0.2, -0.15) is 0 Å². The van der Waals surface area contributed by atoms with Gasteiger partial charge in [0.05, 0.1) is 18.1 Å². The van der Waals surface area contributed by atoms with Gasteiger partial charge in [-0.3, -0.25) is 4.79 Å². The molecule has 1 heterocycles. The molecule has 7 heteroatoms. The molecule has 0 atom stereocenters. The second kappa shape index (κ2) is 6.20. The van der Waals surface area contributed by atoms with Gasteiger partial charge in [0, 0.05) is 5.56 Å². The maximum atomic E-state index is 12.4. The highest BCUT2D eigenvalue weighted by Gasteiger charge is 2.41. The Bertz CT molecular complexity index is 689. The van der Waals surface area contributed by atoms with E-state index in [4.69, 9.17) is 0 Å². The number of carboxylic acids is 1. The van der Waals surface area contributed by atoms with E-state index in [2.05, 4.69) is 15.6 Å². The van der Waals surface area contributed by atoms with E-state index >= 15 is 0 Å². The van der Waals surface area contributed by atoms with Crippen molar-refractivity contribution in [2.24, 2.45) is 0 Å². The number of nitrogens with one attached hydrogen (secondary N) is 1. The Morgan fingerprint density at radius 3 is 2.39 bits per heavy atom. The number of rotatable bonds is 4. The maximum Gasteiger partial charge on any atom is 0.329 e. The molecule has 1 aliphatic carbocycles. The molecular weight excluding hydrogens is 296 g/mol. The van der Waals surface area contributed by atoms with E-state index in [0.29, 0.717) is 18.4 Å². The molecule has 23 heavy (non-hydrogen) atoms. The number of aromatic nitrogens is 3. The van der Waals surface area contributed by atoms with Crippen LogP contribution in [-0.2, 0) is 4.79 Å². The highest BCUT2D eigenvalue weighted by atomic mass is 16.4. The topological polar surface area (TPSA) is 97.1 Å². The minimum absolute atomic E-state index is 0.362. The minimum Gasteiger partial charge on any atom is -0.480 e. The fourth-order valence-electron chi connectivity index (χ4n) is 2.95. The molecule has 1 aliphatic rings. The Balaban J connectivity index is 1.76. The first-order chi connectivity index (χ1) is 11.1. The molecule has 1 aromatic heterocycles. The highest BCUT2D eigenvalue weighted by Crippen LogP contribution is 2.29. The monoisotopic (exact) mass is 314 g/mol. The van der Waals surface area contributed by atoms with E-state index in [1.807, 2.05) is 0 Å². The third-order valence-corrected chi connectivity index (χ3v) is 4.29. The van der Waals surface area contributed by atoms with E-state index in [1.54, 1.807) is 41.3 Å². The van der Waals surface area contributed by atoms with Crippen molar-refractivity contribution in [3.05, 3.63) is 42.2 Å². The second-order valence-electron chi connectivity index (χ2n) is 5.80. The molecule has 1 fully saturated rings. The van der Waals surface area contributed by atoms with Gasteiger partial charge in [-0.15, -0.1) is 5.10 Å². The molecule has 0 aliphatic heterocycles. The van der Waals surface area contributed by atoms with Crippen molar-refractivity contribution in [3.63, 3.8) is 0 Å². The van der Waals surface area contributed by atoms with Crippen LogP contribution >= 0.6 is 0 Å². The fourth-order valence-corrected chi connectivity index (χ4v) is 2.95. The van der Waals surface area contributed by atoms with Crippen molar-refractivity contribution in [1.29, 1.82) is 0 Å². The quantitative estimate of drug-likeness (QED) is 0.896. The van der Waals surface area contributed by atoms with Crippen molar-refractivity contribution < 1.29 is 14.7 Å². The Morgan fingerprint density at radius 1 is 1.13 bits per heavy atom. The lowest BCUT2D eigenvalue weighted by atomic mass is 9.81. The largest absolute Gasteiger partial charge is 0.480 e. The summed E-state index contributed by atoms with van der Waals surface area (Å²) in [6, 6.07) is 6.81. The smallest absolute Gasteiger partial charge is 0.329 e. The first kappa shape index (κ1) is 15.2. The lowest BCUT2D eigenvalue weighted by molar-refractivity contribution is -0.145.